The molecule has 0 atom stereocenters. The first-order chi connectivity index (χ1) is 12.3. The van der Waals surface area contributed by atoms with E-state index in [1.807, 2.05) is 32.0 Å². The summed E-state index contributed by atoms with van der Waals surface area (Å²) >= 11 is 0. The normalized spacial score (nSPS) is 9.92. The number of carbonyl (C=O) groups excluding carboxylic acids is 2. The van der Waals surface area contributed by atoms with Gasteiger partial charge in [0.1, 0.15) is 11.6 Å². The highest BCUT2D eigenvalue weighted by molar-refractivity contribution is 5.86. The van der Waals surface area contributed by atoms with Crippen LogP contribution >= 0.6 is 0 Å². The lowest BCUT2D eigenvalue weighted by Crippen LogP contribution is -2.21. The van der Waals surface area contributed by atoms with Gasteiger partial charge in [0.2, 0.25) is 6.41 Å². The Hall–Kier alpha value is -2.93. The van der Waals surface area contributed by atoms with Crippen molar-refractivity contribution in [1.82, 2.24) is 19.9 Å². The quantitative estimate of drug-likeness (QED) is 0.585. The molecule has 2 rings (SSSR count). The number of amides is 1. The van der Waals surface area contributed by atoms with Gasteiger partial charge in [-0.2, -0.15) is 0 Å². The monoisotopic (exact) mass is 355 g/mol. The summed E-state index contributed by atoms with van der Waals surface area (Å²) < 4.78 is 0. The average molecular weight is 355 g/mol. The van der Waals surface area contributed by atoms with E-state index in [-0.39, 0.29) is 5.78 Å². The molecule has 2 heterocycles. The fourth-order valence-corrected chi connectivity index (χ4v) is 2.05. The lowest BCUT2D eigenvalue weighted by molar-refractivity contribution is -0.112. The van der Waals surface area contributed by atoms with Gasteiger partial charge in [-0.3, -0.25) is 19.5 Å². The van der Waals surface area contributed by atoms with Crippen LogP contribution in [0.3, 0.4) is 0 Å². The van der Waals surface area contributed by atoms with Gasteiger partial charge in [-0.15, -0.1) is 0 Å². The van der Waals surface area contributed by atoms with Crippen molar-refractivity contribution in [3.63, 3.8) is 0 Å². The number of hydrogen-bond acceptors (Lipinski definition) is 6. The number of anilines is 2. The minimum absolute atomic E-state index is 0.0185. The molecule has 26 heavy (non-hydrogen) atoms. The standard InChI is InChI=1S/C15H19N5O.C4H6O/c1-11-5-14(8-16-6-11)20(10-21)15-13(9-19(3)4)7-17-12(2)18-15;1-3-4(2)5/h5-8,10H,9H2,1-4H3;3H,1H2,2H3. The van der Waals surface area contributed by atoms with E-state index in [0.29, 0.717) is 23.9 Å². The van der Waals surface area contributed by atoms with Crippen molar-refractivity contribution in [1.29, 1.82) is 0 Å². The SMILES string of the molecule is C=CC(C)=O.Cc1cncc(N(C=O)c2nc(C)ncc2CN(C)C)c1. The van der Waals surface area contributed by atoms with Gasteiger partial charge in [-0.25, -0.2) is 9.97 Å². The summed E-state index contributed by atoms with van der Waals surface area (Å²) in [5.41, 5.74) is 2.57. The Morgan fingerprint density at radius 2 is 1.88 bits per heavy atom. The highest BCUT2D eigenvalue weighted by Crippen LogP contribution is 2.25. The molecule has 0 fully saturated rings. The second kappa shape index (κ2) is 10.1. The molecule has 138 valence electrons. The highest BCUT2D eigenvalue weighted by atomic mass is 16.1. The third-order valence-corrected chi connectivity index (χ3v) is 3.21. The molecule has 1 amide bonds. The van der Waals surface area contributed by atoms with Crippen LogP contribution in [-0.4, -0.2) is 46.1 Å². The first kappa shape index (κ1) is 21.1. The van der Waals surface area contributed by atoms with Gasteiger partial charge in [-0.1, -0.05) is 6.58 Å². The van der Waals surface area contributed by atoms with Crippen LogP contribution in [0.5, 0.6) is 0 Å². The van der Waals surface area contributed by atoms with Crippen molar-refractivity contribution in [3.05, 3.63) is 54.3 Å². The first-order valence-electron chi connectivity index (χ1n) is 8.05. The number of nitrogens with zero attached hydrogens (tertiary/aromatic N) is 5. The van der Waals surface area contributed by atoms with E-state index in [1.165, 1.54) is 17.9 Å². The van der Waals surface area contributed by atoms with Gasteiger partial charge in [0.05, 0.1) is 11.9 Å². The fourth-order valence-electron chi connectivity index (χ4n) is 2.05. The maximum absolute atomic E-state index is 11.6. The van der Waals surface area contributed by atoms with E-state index in [2.05, 4.69) is 21.5 Å². The molecule has 0 aliphatic rings. The lowest BCUT2D eigenvalue weighted by Gasteiger charge is -2.21. The van der Waals surface area contributed by atoms with Crippen LogP contribution in [0.2, 0.25) is 0 Å². The first-order valence-corrected chi connectivity index (χ1v) is 8.05. The van der Waals surface area contributed by atoms with Crippen LogP contribution in [0.25, 0.3) is 0 Å². The number of carbonyl (C=O) groups is 2. The maximum Gasteiger partial charge on any atom is 0.219 e. The fraction of sp³-hybridized carbons (Fsp3) is 0.316. The van der Waals surface area contributed by atoms with Gasteiger partial charge in [0.25, 0.3) is 0 Å². The Bertz CT molecular complexity index is 774. The zero-order chi connectivity index (χ0) is 19.7. The molecule has 0 radical (unpaired) electrons. The van der Waals surface area contributed by atoms with Gasteiger partial charge >= 0.3 is 0 Å². The molecule has 0 saturated carbocycles. The number of aryl methyl sites for hydroxylation is 2. The summed E-state index contributed by atoms with van der Waals surface area (Å²) in [6, 6.07) is 1.90. The molecule has 7 nitrogen and oxygen atoms in total. The summed E-state index contributed by atoms with van der Waals surface area (Å²) in [4.78, 5) is 37.6. The van der Waals surface area contributed by atoms with Crippen LogP contribution in [0.1, 0.15) is 23.9 Å². The number of hydrogen-bond donors (Lipinski definition) is 0. The van der Waals surface area contributed by atoms with E-state index < -0.39 is 0 Å². The molecule has 0 aromatic carbocycles. The highest BCUT2D eigenvalue weighted by Gasteiger charge is 2.16. The molecular formula is C19H25N5O2. The van der Waals surface area contributed by atoms with Crippen LogP contribution in [0.4, 0.5) is 11.5 Å². The molecule has 2 aromatic rings. The molecule has 0 aliphatic carbocycles. The Balaban J connectivity index is 0.000000597. The molecule has 2 aromatic heterocycles. The number of aromatic nitrogens is 3. The van der Waals surface area contributed by atoms with E-state index >= 15 is 0 Å². The van der Waals surface area contributed by atoms with E-state index in [4.69, 9.17) is 0 Å². The number of ketones is 1. The van der Waals surface area contributed by atoms with Crippen molar-refractivity contribution in [2.75, 3.05) is 19.0 Å². The third kappa shape index (κ3) is 6.52. The Kier molecular flexibility index (Phi) is 8.24. The summed E-state index contributed by atoms with van der Waals surface area (Å²) in [6.45, 7) is 9.07. The van der Waals surface area contributed by atoms with Crippen molar-refractivity contribution in [2.45, 2.75) is 27.3 Å². The second-order valence-electron chi connectivity index (χ2n) is 6.01. The minimum Gasteiger partial charge on any atom is -0.305 e. The molecule has 0 N–H and O–H groups in total. The van der Waals surface area contributed by atoms with Gasteiger partial charge in [0, 0.05) is 24.5 Å². The topological polar surface area (TPSA) is 79.3 Å². The average Bonchev–Trinajstić information content (AvgIpc) is 2.58. The number of rotatable bonds is 6. The van der Waals surface area contributed by atoms with Crippen LogP contribution in [0.15, 0.2) is 37.3 Å². The van der Waals surface area contributed by atoms with Crippen molar-refractivity contribution >= 4 is 23.7 Å². The lowest BCUT2D eigenvalue weighted by atomic mass is 10.2. The predicted molar refractivity (Wildman–Crippen MR) is 102 cm³/mol. The van der Waals surface area contributed by atoms with Crippen LogP contribution in [0, 0.1) is 13.8 Å². The summed E-state index contributed by atoms with van der Waals surface area (Å²) in [5.74, 6) is 1.24. The summed E-state index contributed by atoms with van der Waals surface area (Å²) in [5, 5.41) is 0. The molecule has 0 spiro atoms. The number of pyridine rings is 1. The zero-order valence-electron chi connectivity index (χ0n) is 15.9. The van der Waals surface area contributed by atoms with Gasteiger partial charge < -0.3 is 4.90 Å². The largest absolute Gasteiger partial charge is 0.305 e. The molecule has 0 unspecified atom stereocenters. The summed E-state index contributed by atoms with van der Waals surface area (Å²) in [7, 11) is 3.92. The van der Waals surface area contributed by atoms with E-state index in [1.54, 1.807) is 25.5 Å². The summed E-state index contributed by atoms with van der Waals surface area (Å²) in [6.07, 6.45) is 7.20. The van der Waals surface area contributed by atoms with E-state index in [0.717, 1.165) is 17.5 Å². The Morgan fingerprint density at radius 3 is 2.38 bits per heavy atom. The molecular weight excluding hydrogens is 330 g/mol. The van der Waals surface area contributed by atoms with Crippen molar-refractivity contribution < 1.29 is 9.59 Å². The maximum atomic E-state index is 11.6. The predicted octanol–water partition coefficient (Wildman–Crippen LogP) is 2.61. The Morgan fingerprint density at radius 1 is 1.23 bits per heavy atom. The van der Waals surface area contributed by atoms with Gasteiger partial charge in [0.15, 0.2) is 5.78 Å². The minimum atomic E-state index is 0.0185. The number of allylic oxidation sites excluding steroid dienone is 1. The van der Waals surface area contributed by atoms with Gasteiger partial charge in [-0.05, 0) is 52.6 Å². The third-order valence-electron chi connectivity index (χ3n) is 3.21. The molecule has 0 saturated heterocycles. The smallest absolute Gasteiger partial charge is 0.219 e. The molecule has 0 aliphatic heterocycles. The van der Waals surface area contributed by atoms with Crippen molar-refractivity contribution in [3.8, 4) is 0 Å². The molecule has 7 heteroatoms. The molecule has 0 bridgehead atoms. The van der Waals surface area contributed by atoms with E-state index in [9.17, 15) is 9.59 Å². The Labute approximate surface area is 154 Å². The van der Waals surface area contributed by atoms with Crippen molar-refractivity contribution in [2.24, 2.45) is 0 Å². The zero-order valence-corrected chi connectivity index (χ0v) is 15.9. The van der Waals surface area contributed by atoms with Crippen LogP contribution < -0.4 is 4.90 Å². The van der Waals surface area contributed by atoms with Crippen LogP contribution in [-0.2, 0) is 16.1 Å². The second-order valence-corrected chi connectivity index (χ2v) is 6.01.